The quantitative estimate of drug-likeness (QED) is 0.0619. The molecule has 4 bridgehead atoms. The lowest BCUT2D eigenvalue weighted by molar-refractivity contribution is -0.200. The second-order valence-corrected chi connectivity index (χ2v) is 22.7. The maximum absolute atomic E-state index is 15.7. The first kappa shape index (κ1) is 63.1. The van der Waals surface area contributed by atoms with E-state index < -0.39 is 302 Å². The number of aromatic hydroxyl groups is 18. The van der Waals surface area contributed by atoms with E-state index in [1.54, 1.807) is 0 Å². The van der Waals surface area contributed by atoms with Crippen LogP contribution in [0.1, 0.15) is 86.1 Å². The molecule has 0 aromatic heterocycles. The third-order valence-electron chi connectivity index (χ3n) is 17.2. The van der Waals surface area contributed by atoms with Crippen molar-refractivity contribution >= 4 is 47.2 Å². The summed E-state index contributed by atoms with van der Waals surface area (Å²) in [5.74, 6) is -48.6. The number of Topliss-reactive ketones (excluding diaryl/α,β-unsaturated/α-hetero) is 1. The second kappa shape index (κ2) is 21.7. The molecule has 1 spiro atoms. The number of ether oxygens (including phenoxy) is 8. The van der Waals surface area contributed by atoms with Gasteiger partial charge in [-0.25, -0.2) is 24.0 Å². The number of carbonyl (C=O) groups excluding carboxylic acids is 6. The van der Waals surface area contributed by atoms with Crippen LogP contribution in [0.2, 0.25) is 0 Å². The zero-order chi connectivity index (χ0) is 70.8. The molecule has 0 saturated carbocycles. The van der Waals surface area contributed by atoms with Gasteiger partial charge in [0, 0.05) is 63.6 Å². The van der Waals surface area contributed by atoms with Gasteiger partial charge >= 0.3 is 35.8 Å². The van der Waals surface area contributed by atoms with Crippen LogP contribution >= 0.6 is 0 Å². The molecule has 506 valence electrons. The van der Waals surface area contributed by atoms with Crippen LogP contribution in [0.25, 0.3) is 16.7 Å². The van der Waals surface area contributed by atoms with Gasteiger partial charge in [0.25, 0.3) is 0 Å². The number of rotatable bonds is 7. The Labute approximate surface area is 539 Å². The number of aliphatic hydroxyl groups is 2. The fourth-order valence-corrected chi connectivity index (χ4v) is 12.8. The van der Waals surface area contributed by atoms with Gasteiger partial charge in [0.1, 0.15) is 35.3 Å². The first-order valence-electron chi connectivity index (χ1n) is 27.9. The van der Waals surface area contributed by atoms with Gasteiger partial charge in [0.05, 0.1) is 34.3 Å². The average Bonchev–Trinajstić information content (AvgIpc) is 1.48. The molecule has 1 fully saturated rings. The Balaban J connectivity index is 1.07. The molecule has 1 unspecified atom stereocenters. The lowest BCUT2D eigenvalue weighted by Crippen LogP contribution is -2.65. The molecule has 1 aliphatic carbocycles. The predicted molar refractivity (Wildman–Crippen MR) is 306 cm³/mol. The molecule has 7 aromatic rings. The van der Waals surface area contributed by atoms with Gasteiger partial charge < -0.3 is 145 Å². The van der Waals surface area contributed by atoms with Crippen molar-refractivity contribution in [1.82, 2.24) is 0 Å². The molecule has 21 N–H and O–H groups in total. The highest BCUT2D eigenvalue weighted by Gasteiger charge is 2.76. The molecule has 5 heterocycles. The number of hydrogen-bond donors (Lipinski definition) is 21. The topological polar surface area (TPSA) is 618 Å². The highest BCUT2D eigenvalue weighted by molar-refractivity contribution is 6.21. The van der Waals surface area contributed by atoms with Gasteiger partial charge in [-0.2, -0.15) is 0 Å². The molecule has 7 aromatic carbocycles. The third kappa shape index (κ3) is 8.97. The number of aromatic carboxylic acids is 1. The summed E-state index contributed by atoms with van der Waals surface area (Å²) in [6, 6.07) is 4.51. The normalized spacial score (nSPS) is 22.7. The van der Waals surface area contributed by atoms with Gasteiger partial charge in [-0.1, -0.05) is 0 Å². The Morgan fingerprint density at radius 1 is 0.510 bits per heavy atom. The number of esters is 5. The Kier molecular flexibility index (Phi) is 14.0. The smallest absolute Gasteiger partial charge is 0.339 e. The van der Waals surface area contributed by atoms with E-state index in [0.717, 1.165) is 18.2 Å². The zero-order valence-electron chi connectivity index (χ0n) is 48.2. The molecule has 36 heteroatoms. The number of cyclic esters (lactones) is 3. The van der Waals surface area contributed by atoms with Crippen molar-refractivity contribution in [2.75, 3.05) is 6.61 Å². The van der Waals surface area contributed by atoms with Crippen molar-refractivity contribution in [3.05, 3.63) is 110 Å². The minimum absolute atomic E-state index is 0.230. The van der Waals surface area contributed by atoms with Gasteiger partial charge in [0.2, 0.25) is 40.1 Å². The number of benzene rings is 7. The summed E-state index contributed by atoms with van der Waals surface area (Å²) in [5, 5.41) is 231. The molecule has 1 saturated heterocycles. The lowest BCUT2D eigenvalue weighted by Gasteiger charge is -2.47. The number of phenols is 18. The summed E-state index contributed by atoms with van der Waals surface area (Å²) in [6.07, 6.45) is -16.0. The van der Waals surface area contributed by atoms with Crippen LogP contribution in [-0.2, 0) is 39.7 Å². The number of fused-ring (bicyclic) bond motifs is 8. The number of carboxylic acids is 1. The molecule has 9 atom stereocenters. The first-order valence-corrected chi connectivity index (χ1v) is 27.9. The highest BCUT2D eigenvalue weighted by Crippen LogP contribution is 2.67. The van der Waals surface area contributed by atoms with Crippen molar-refractivity contribution in [3.8, 4) is 138 Å². The van der Waals surface area contributed by atoms with E-state index in [9.17, 15) is 117 Å². The molecule has 5 aliphatic heterocycles. The number of ketones is 1. The second-order valence-electron chi connectivity index (χ2n) is 22.7. The van der Waals surface area contributed by atoms with Gasteiger partial charge in [0.15, 0.2) is 117 Å². The van der Waals surface area contributed by atoms with E-state index in [1.165, 1.54) is 0 Å². The standard InChI is InChI=1S/C62H42O36/c63-19-10-28-34(50-14(19)5-27(71)49(94-50)12-1-20(64)38(72)21(65)2-12)36-53-54(97-60(89)16-7-25(69)41(75)45(79)33(16)35-37(61(90)96-53)62(36,98-28)55(83)47(35)81)52-30(93-57(86)13-3-22(66)39(73)23(67)4-13)11-91-58(87)17-9-29(92-51-18(56(84)85)8-26(70)42(76)48(51)82)43(77)46(80)32(17)31-15(59(88)95-52)6-24(68)40(74)44(31)78/h1-4,6-10,27,30,36-37,49,52-54,63-82H,5,11H2,(H,84,85)/t27-,30+,36?,37+,49+,52+,53-,54-,62+/m0/s1. The van der Waals surface area contributed by atoms with Crippen LogP contribution in [0.3, 0.4) is 0 Å². The van der Waals surface area contributed by atoms with Crippen molar-refractivity contribution in [2.24, 2.45) is 5.92 Å². The molecule has 98 heavy (non-hydrogen) atoms. The largest absolute Gasteiger partial charge is 0.507 e. The molecular weight excluding hydrogens is 1320 g/mol. The Hall–Kier alpha value is -13.7. The number of aliphatic hydroxyl groups excluding tert-OH is 2. The van der Waals surface area contributed by atoms with Gasteiger partial charge in [-0.3, -0.25) is 9.59 Å². The first-order chi connectivity index (χ1) is 46.2. The molecule has 36 nitrogen and oxygen atoms in total. The number of carbonyl (C=O) groups is 7. The van der Waals surface area contributed by atoms with E-state index in [4.69, 9.17) is 37.9 Å². The van der Waals surface area contributed by atoms with Crippen LogP contribution in [0, 0.1) is 5.92 Å². The Morgan fingerprint density at radius 3 is 1.63 bits per heavy atom. The lowest BCUT2D eigenvalue weighted by atomic mass is 9.66. The molecule has 6 aliphatic rings. The summed E-state index contributed by atoms with van der Waals surface area (Å²) >= 11 is 0. The zero-order valence-corrected chi connectivity index (χ0v) is 48.2. The summed E-state index contributed by atoms with van der Waals surface area (Å²) < 4.78 is 48.0. The predicted octanol–water partition coefficient (Wildman–Crippen LogP) is 3.05. The summed E-state index contributed by atoms with van der Waals surface area (Å²) in [5.41, 5.74) is -15.8. The maximum atomic E-state index is 15.7. The monoisotopic (exact) mass is 1360 g/mol. The highest BCUT2D eigenvalue weighted by atomic mass is 16.6. The van der Waals surface area contributed by atoms with E-state index in [-0.39, 0.29) is 11.6 Å². The third-order valence-corrected chi connectivity index (χ3v) is 17.2. The minimum Gasteiger partial charge on any atom is -0.507 e. The molecule has 13 rings (SSSR count). The van der Waals surface area contributed by atoms with Gasteiger partial charge in [-0.15, -0.1) is 0 Å². The fourth-order valence-electron chi connectivity index (χ4n) is 12.8. The van der Waals surface area contributed by atoms with Crippen molar-refractivity contribution < 1.29 is 179 Å². The summed E-state index contributed by atoms with van der Waals surface area (Å²) in [4.78, 5) is 104. The van der Waals surface area contributed by atoms with Gasteiger partial charge in [-0.05, 0) is 36.4 Å². The summed E-state index contributed by atoms with van der Waals surface area (Å²) in [6.45, 7) is -1.75. The molecule has 0 radical (unpaired) electrons. The number of carboxylic acid groups (broad SMARTS) is 1. The SMILES string of the molecule is O=C(O[C@@H]1COC(=O)c2cc(Oc3c(C(=O)O)cc(O)c(O)c3O)c(O)c(O)c2-c2c(cc(O)c(O)c2O)C(=O)O[C@H]1[C@@H]1OC(=O)c2cc(O)c(O)c(O)c2C2=C(O)C(=O)[C@@]34Oc5cc(O)c6c(c5C3[C@@H]1OC(=O)[C@@H]24)O[C@H](c1cc(O)c(O)c(O)c1)[C@@H](O)C6)c1cc(O)c(O)c(O)c1. The van der Waals surface area contributed by atoms with Crippen LogP contribution in [0.5, 0.6) is 126 Å². The van der Waals surface area contributed by atoms with E-state index in [0.29, 0.717) is 30.3 Å². The van der Waals surface area contributed by atoms with Crippen LogP contribution < -0.4 is 14.2 Å². The van der Waals surface area contributed by atoms with Crippen LogP contribution in [-0.4, -0.2) is 192 Å². The minimum atomic E-state index is -3.21. The maximum Gasteiger partial charge on any atom is 0.339 e. The molecular formula is C62H42O36. The number of hydrogen-bond acceptors (Lipinski definition) is 35. The molecule has 0 amide bonds. The van der Waals surface area contributed by atoms with Crippen LogP contribution in [0.4, 0.5) is 0 Å². The van der Waals surface area contributed by atoms with E-state index in [1.807, 2.05) is 0 Å². The average molecular weight is 1360 g/mol. The van der Waals surface area contributed by atoms with Crippen molar-refractivity contribution in [1.29, 1.82) is 0 Å². The van der Waals surface area contributed by atoms with E-state index >= 15 is 24.0 Å². The van der Waals surface area contributed by atoms with Crippen molar-refractivity contribution in [2.45, 2.75) is 54.6 Å². The van der Waals surface area contributed by atoms with E-state index in [2.05, 4.69) is 0 Å². The summed E-state index contributed by atoms with van der Waals surface area (Å²) in [7, 11) is 0. The number of phenolic OH excluding ortho intramolecular Hbond substituents is 18. The Bertz CT molecular complexity index is 4850. The Morgan fingerprint density at radius 2 is 1.03 bits per heavy atom. The van der Waals surface area contributed by atoms with Crippen molar-refractivity contribution in [3.63, 3.8) is 0 Å². The van der Waals surface area contributed by atoms with Crippen LogP contribution in [0.15, 0.2) is 60.4 Å². The fraction of sp³-hybridized carbons (Fsp3) is 0.177.